The van der Waals surface area contributed by atoms with Crippen molar-refractivity contribution in [2.45, 2.75) is 51.7 Å². The van der Waals surface area contributed by atoms with E-state index in [1.165, 1.54) is 12.1 Å². The summed E-state index contributed by atoms with van der Waals surface area (Å²) in [5.41, 5.74) is -0.517. The molecule has 1 aromatic heterocycles. The van der Waals surface area contributed by atoms with Crippen molar-refractivity contribution in [1.82, 2.24) is 15.0 Å². The lowest BCUT2D eigenvalue weighted by Crippen LogP contribution is -2.40. The third-order valence-corrected chi connectivity index (χ3v) is 4.82. The monoisotopic (exact) mass is 381 g/mol. The first-order chi connectivity index (χ1) is 12.8. The average molecular weight is 381 g/mol. The Morgan fingerprint density at radius 2 is 2.11 bits per heavy atom. The number of halogens is 3. The molecular formula is C19H22F3N3O2. The van der Waals surface area contributed by atoms with Gasteiger partial charge in [0.25, 0.3) is 0 Å². The molecule has 5 nitrogen and oxygen atoms in total. The number of benzene rings is 1. The Morgan fingerprint density at radius 3 is 2.74 bits per heavy atom. The number of hydrogen-bond donors (Lipinski definition) is 0. The van der Waals surface area contributed by atoms with Gasteiger partial charge in [0, 0.05) is 30.5 Å². The summed E-state index contributed by atoms with van der Waals surface area (Å²) >= 11 is 0. The first-order valence-corrected chi connectivity index (χ1v) is 9.10. The number of rotatable bonds is 7. The van der Waals surface area contributed by atoms with Gasteiger partial charge < -0.3 is 9.42 Å². The number of alkyl halides is 3. The Hall–Kier alpha value is -2.38. The van der Waals surface area contributed by atoms with E-state index in [2.05, 4.69) is 10.1 Å². The highest BCUT2D eigenvalue weighted by atomic mass is 19.4. The van der Waals surface area contributed by atoms with Gasteiger partial charge in [0.2, 0.25) is 17.6 Å². The van der Waals surface area contributed by atoms with Crippen molar-refractivity contribution in [3.05, 3.63) is 35.7 Å². The zero-order valence-electron chi connectivity index (χ0n) is 15.3. The molecule has 1 heterocycles. The van der Waals surface area contributed by atoms with Crippen molar-refractivity contribution >= 4 is 5.91 Å². The maximum atomic E-state index is 12.9. The van der Waals surface area contributed by atoms with Crippen LogP contribution >= 0.6 is 0 Å². The molecule has 0 saturated heterocycles. The molecule has 0 aliphatic heterocycles. The minimum Gasteiger partial charge on any atom is -0.339 e. The number of nitrogens with zero attached hydrogens (tertiary/aromatic N) is 3. The van der Waals surface area contributed by atoms with Gasteiger partial charge in [-0.15, -0.1) is 0 Å². The van der Waals surface area contributed by atoms with Crippen LogP contribution in [0.5, 0.6) is 0 Å². The topological polar surface area (TPSA) is 59.2 Å². The fraction of sp³-hybridized carbons (Fsp3) is 0.526. The molecule has 3 rings (SSSR count). The van der Waals surface area contributed by atoms with E-state index in [1.54, 1.807) is 0 Å². The van der Waals surface area contributed by atoms with Crippen LogP contribution in [-0.4, -0.2) is 33.5 Å². The van der Waals surface area contributed by atoms with Gasteiger partial charge >= 0.3 is 6.18 Å². The van der Waals surface area contributed by atoms with Crippen molar-refractivity contribution in [3.63, 3.8) is 0 Å². The smallest absolute Gasteiger partial charge is 0.339 e. The minimum absolute atomic E-state index is 0.111. The first-order valence-electron chi connectivity index (χ1n) is 9.10. The van der Waals surface area contributed by atoms with Gasteiger partial charge in [0.05, 0.1) is 5.56 Å². The van der Waals surface area contributed by atoms with Crippen molar-refractivity contribution in [2.24, 2.45) is 5.92 Å². The standard InChI is InChI=1S/C19H22F3N3O2/c1-3-12(2)25(18(26)13-7-8-13)10-9-16-23-17(24-27-16)14-5-4-6-15(11-14)19(20,21)22/h4-6,11-13H,3,7-10H2,1-2H3/t12-/m1/s1. The third kappa shape index (κ3) is 4.67. The van der Waals surface area contributed by atoms with Gasteiger partial charge in [0.1, 0.15) is 0 Å². The number of hydrogen-bond acceptors (Lipinski definition) is 4. The maximum absolute atomic E-state index is 12.9. The molecule has 0 radical (unpaired) electrons. The lowest BCUT2D eigenvalue weighted by atomic mass is 10.1. The molecule has 1 atom stereocenters. The number of carbonyl (C=O) groups is 1. The lowest BCUT2D eigenvalue weighted by molar-refractivity contribution is -0.137. The molecule has 146 valence electrons. The van der Waals surface area contributed by atoms with Gasteiger partial charge in [0.15, 0.2) is 0 Å². The summed E-state index contributed by atoms with van der Waals surface area (Å²) in [6.45, 7) is 4.48. The van der Waals surface area contributed by atoms with E-state index < -0.39 is 11.7 Å². The summed E-state index contributed by atoms with van der Waals surface area (Å²) in [5.74, 6) is 0.698. The predicted molar refractivity (Wildman–Crippen MR) is 92.6 cm³/mol. The number of amides is 1. The van der Waals surface area contributed by atoms with Crippen LogP contribution in [0.4, 0.5) is 13.2 Å². The van der Waals surface area contributed by atoms with Crippen LogP contribution in [0.3, 0.4) is 0 Å². The third-order valence-electron chi connectivity index (χ3n) is 4.82. The van der Waals surface area contributed by atoms with Crippen LogP contribution in [0.2, 0.25) is 0 Å². The predicted octanol–water partition coefficient (Wildman–Crippen LogP) is 4.34. The van der Waals surface area contributed by atoms with Crippen molar-refractivity contribution in [3.8, 4) is 11.4 Å². The lowest BCUT2D eigenvalue weighted by Gasteiger charge is -2.28. The van der Waals surface area contributed by atoms with E-state index >= 15 is 0 Å². The largest absolute Gasteiger partial charge is 0.416 e. The second-order valence-electron chi connectivity index (χ2n) is 6.90. The van der Waals surface area contributed by atoms with Gasteiger partial charge in [-0.1, -0.05) is 24.2 Å². The Labute approximate surface area is 155 Å². The van der Waals surface area contributed by atoms with Gasteiger partial charge in [-0.05, 0) is 38.3 Å². The van der Waals surface area contributed by atoms with Crippen molar-refractivity contribution < 1.29 is 22.5 Å². The van der Waals surface area contributed by atoms with Crippen molar-refractivity contribution in [1.29, 1.82) is 0 Å². The molecule has 1 fully saturated rings. The zero-order chi connectivity index (χ0) is 19.6. The maximum Gasteiger partial charge on any atom is 0.416 e. The highest BCUT2D eigenvalue weighted by Gasteiger charge is 2.35. The van der Waals surface area contributed by atoms with Crippen molar-refractivity contribution in [2.75, 3.05) is 6.54 Å². The summed E-state index contributed by atoms with van der Waals surface area (Å²) in [6, 6.07) is 4.93. The second kappa shape index (κ2) is 7.70. The molecule has 0 unspecified atom stereocenters. The first kappa shape index (κ1) is 19.4. The summed E-state index contributed by atoms with van der Waals surface area (Å²) in [6.07, 6.45) is -1.34. The van der Waals surface area contributed by atoms with Crippen LogP contribution in [0.15, 0.2) is 28.8 Å². The fourth-order valence-electron chi connectivity index (χ4n) is 2.86. The molecule has 1 aliphatic carbocycles. The van der Waals surface area contributed by atoms with Gasteiger partial charge in [-0.2, -0.15) is 18.2 Å². The molecule has 0 spiro atoms. The SMILES string of the molecule is CC[C@@H](C)N(CCc1nc(-c2cccc(C(F)(F)F)c2)no1)C(=O)C1CC1. The van der Waals surface area contributed by atoms with Gasteiger partial charge in [-0.25, -0.2) is 0 Å². The van der Waals surface area contributed by atoms with Crippen LogP contribution in [0.1, 0.15) is 44.6 Å². The summed E-state index contributed by atoms with van der Waals surface area (Å²) in [7, 11) is 0. The normalized spacial score (nSPS) is 15.6. The second-order valence-corrected chi connectivity index (χ2v) is 6.90. The Kier molecular flexibility index (Phi) is 5.53. The molecule has 2 aromatic rings. The molecule has 1 aromatic carbocycles. The summed E-state index contributed by atoms with van der Waals surface area (Å²) < 4.78 is 43.7. The molecule has 1 aliphatic rings. The van der Waals surface area contributed by atoms with Crippen LogP contribution in [-0.2, 0) is 17.4 Å². The van der Waals surface area contributed by atoms with E-state index in [4.69, 9.17) is 4.52 Å². The van der Waals surface area contributed by atoms with Crippen LogP contribution in [0.25, 0.3) is 11.4 Å². The van der Waals surface area contributed by atoms with Gasteiger partial charge in [-0.3, -0.25) is 4.79 Å². The minimum atomic E-state index is -4.43. The highest BCUT2D eigenvalue weighted by Crippen LogP contribution is 2.33. The highest BCUT2D eigenvalue weighted by molar-refractivity contribution is 5.81. The molecule has 1 saturated carbocycles. The average Bonchev–Trinajstić information content (AvgIpc) is 3.39. The quantitative estimate of drug-likeness (QED) is 0.716. The Balaban J connectivity index is 1.69. The Morgan fingerprint density at radius 1 is 1.37 bits per heavy atom. The van der Waals surface area contributed by atoms with E-state index in [-0.39, 0.29) is 29.3 Å². The summed E-state index contributed by atoms with van der Waals surface area (Å²) in [4.78, 5) is 18.5. The number of carbonyl (C=O) groups excluding carboxylic acids is 1. The Bertz CT molecular complexity index is 799. The van der Waals surface area contributed by atoms with Crippen LogP contribution < -0.4 is 0 Å². The fourth-order valence-corrected chi connectivity index (χ4v) is 2.86. The number of aromatic nitrogens is 2. The molecule has 0 bridgehead atoms. The molecular weight excluding hydrogens is 359 g/mol. The summed E-state index contributed by atoms with van der Waals surface area (Å²) in [5, 5.41) is 3.79. The van der Waals surface area contributed by atoms with E-state index in [0.29, 0.717) is 18.9 Å². The van der Waals surface area contributed by atoms with E-state index in [0.717, 1.165) is 31.4 Å². The van der Waals surface area contributed by atoms with Crippen LogP contribution in [0, 0.1) is 5.92 Å². The molecule has 0 N–H and O–H groups in total. The van der Waals surface area contributed by atoms with E-state index in [1.807, 2.05) is 18.7 Å². The zero-order valence-corrected chi connectivity index (χ0v) is 15.3. The molecule has 1 amide bonds. The molecule has 27 heavy (non-hydrogen) atoms. The molecule has 8 heteroatoms. The van der Waals surface area contributed by atoms with E-state index in [9.17, 15) is 18.0 Å².